The maximum absolute atomic E-state index is 11.1. The molecule has 0 saturated carbocycles. The number of fused-ring (bicyclic) bond motifs is 1. The summed E-state index contributed by atoms with van der Waals surface area (Å²) in [6.07, 6.45) is 1.86. The summed E-state index contributed by atoms with van der Waals surface area (Å²) in [5.41, 5.74) is 1.04. The molecule has 5 heteroatoms. The first kappa shape index (κ1) is 11.1. The molecule has 16 heavy (non-hydrogen) atoms. The van der Waals surface area contributed by atoms with Crippen molar-refractivity contribution in [2.75, 3.05) is 7.11 Å². The highest BCUT2D eigenvalue weighted by Gasteiger charge is 2.26. The Morgan fingerprint density at radius 3 is 3.06 bits per heavy atom. The van der Waals surface area contributed by atoms with Gasteiger partial charge in [-0.15, -0.1) is 0 Å². The van der Waals surface area contributed by atoms with Crippen LogP contribution in [0.1, 0.15) is 35.4 Å². The Hall–Kier alpha value is -1.36. The first-order valence-electron chi connectivity index (χ1n) is 5.44. The lowest BCUT2D eigenvalue weighted by atomic mass is 9.97. The van der Waals surface area contributed by atoms with E-state index in [9.17, 15) is 4.79 Å². The number of rotatable bonds is 3. The second kappa shape index (κ2) is 4.25. The standard InChI is InChI=1S/C11H16N2O3/c1-7-3-4-13-8(5-7)10(11(14)15)12-9(13)6-16-2/h7H,3-6H2,1-2H3,(H,14,15). The van der Waals surface area contributed by atoms with Crippen molar-refractivity contribution in [3.05, 3.63) is 17.2 Å². The Kier molecular flexibility index (Phi) is 2.96. The quantitative estimate of drug-likeness (QED) is 0.840. The largest absolute Gasteiger partial charge is 0.476 e. The molecule has 0 aromatic carbocycles. The molecule has 0 radical (unpaired) electrons. The fourth-order valence-corrected chi connectivity index (χ4v) is 2.20. The molecule has 1 unspecified atom stereocenters. The van der Waals surface area contributed by atoms with Crippen LogP contribution in [0.5, 0.6) is 0 Å². The predicted octanol–water partition coefficient (Wildman–Crippen LogP) is 1.31. The van der Waals surface area contributed by atoms with Crippen molar-refractivity contribution in [1.29, 1.82) is 0 Å². The van der Waals surface area contributed by atoms with Gasteiger partial charge in [0.25, 0.3) is 0 Å². The van der Waals surface area contributed by atoms with Crippen LogP contribution < -0.4 is 0 Å². The van der Waals surface area contributed by atoms with E-state index in [1.165, 1.54) is 0 Å². The summed E-state index contributed by atoms with van der Waals surface area (Å²) in [5, 5.41) is 9.09. The van der Waals surface area contributed by atoms with Crippen molar-refractivity contribution in [3.8, 4) is 0 Å². The summed E-state index contributed by atoms with van der Waals surface area (Å²) in [4.78, 5) is 15.2. The molecule has 1 atom stereocenters. The number of carbonyl (C=O) groups is 1. The van der Waals surface area contributed by atoms with Crippen molar-refractivity contribution >= 4 is 5.97 Å². The number of nitrogens with zero attached hydrogens (tertiary/aromatic N) is 2. The van der Waals surface area contributed by atoms with Gasteiger partial charge in [-0.1, -0.05) is 6.92 Å². The van der Waals surface area contributed by atoms with E-state index in [-0.39, 0.29) is 5.69 Å². The zero-order valence-electron chi connectivity index (χ0n) is 9.56. The number of aromatic carboxylic acids is 1. The van der Waals surface area contributed by atoms with Gasteiger partial charge in [-0.25, -0.2) is 9.78 Å². The zero-order chi connectivity index (χ0) is 11.7. The van der Waals surface area contributed by atoms with Crippen molar-refractivity contribution in [3.63, 3.8) is 0 Å². The molecule has 2 rings (SSSR count). The van der Waals surface area contributed by atoms with Crippen molar-refractivity contribution in [1.82, 2.24) is 9.55 Å². The van der Waals surface area contributed by atoms with E-state index in [0.717, 1.165) is 30.9 Å². The molecule has 1 aromatic heterocycles. The summed E-state index contributed by atoms with van der Waals surface area (Å²) in [6, 6.07) is 0. The smallest absolute Gasteiger partial charge is 0.356 e. The molecular weight excluding hydrogens is 208 g/mol. The van der Waals surface area contributed by atoms with E-state index in [1.807, 2.05) is 4.57 Å². The fourth-order valence-electron chi connectivity index (χ4n) is 2.20. The van der Waals surface area contributed by atoms with Gasteiger partial charge in [0.05, 0.1) is 5.69 Å². The average molecular weight is 224 g/mol. The Labute approximate surface area is 94.1 Å². The third-order valence-electron chi connectivity index (χ3n) is 3.01. The number of aromatic nitrogens is 2. The molecule has 0 bridgehead atoms. The maximum Gasteiger partial charge on any atom is 0.356 e. The highest BCUT2D eigenvalue weighted by Crippen LogP contribution is 2.25. The SMILES string of the molecule is COCc1nc(C(=O)O)c2n1CCC(C)C2. The monoisotopic (exact) mass is 224 g/mol. The van der Waals surface area contributed by atoms with Crippen LogP contribution >= 0.6 is 0 Å². The molecule has 0 saturated heterocycles. The number of methoxy groups -OCH3 is 1. The number of carboxylic acid groups (broad SMARTS) is 1. The van der Waals surface area contributed by atoms with E-state index in [4.69, 9.17) is 9.84 Å². The van der Waals surface area contributed by atoms with Crippen molar-refractivity contribution in [2.45, 2.75) is 32.9 Å². The topological polar surface area (TPSA) is 64.3 Å². The lowest BCUT2D eigenvalue weighted by Gasteiger charge is -2.22. The third-order valence-corrected chi connectivity index (χ3v) is 3.01. The summed E-state index contributed by atoms with van der Waals surface area (Å²) in [7, 11) is 1.59. The molecule has 0 amide bonds. The van der Waals surface area contributed by atoms with Crippen LogP contribution in [0.3, 0.4) is 0 Å². The van der Waals surface area contributed by atoms with E-state index < -0.39 is 5.97 Å². The van der Waals surface area contributed by atoms with Crippen LogP contribution in [0, 0.1) is 5.92 Å². The van der Waals surface area contributed by atoms with Crippen LogP contribution in [-0.4, -0.2) is 27.7 Å². The molecule has 5 nitrogen and oxygen atoms in total. The van der Waals surface area contributed by atoms with Gasteiger partial charge in [0.15, 0.2) is 5.69 Å². The van der Waals surface area contributed by atoms with Crippen molar-refractivity contribution in [2.24, 2.45) is 5.92 Å². The van der Waals surface area contributed by atoms with Gasteiger partial charge < -0.3 is 14.4 Å². The van der Waals surface area contributed by atoms with E-state index in [0.29, 0.717) is 12.5 Å². The summed E-state index contributed by atoms with van der Waals surface area (Å²) in [5.74, 6) is 0.305. The second-order valence-corrected chi connectivity index (χ2v) is 4.31. The summed E-state index contributed by atoms with van der Waals surface area (Å²) in [6.45, 7) is 3.35. The number of hydrogen-bond acceptors (Lipinski definition) is 3. The second-order valence-electron chi connectivity index (χ2n) is 4.31. The Morgan fingerprint density at radius 2 is 2.44 bits per heavy atom. The Balaban J connectivity index is 2.44. The van der Waals surface area contributed by atoms with E-state index in [2.05, 4.69) is 11.9 Å². The van der Waals surface area contributed by atoms with Gasteiger partial charge in [0.1, 0.15) is 12.4 Å². The van der Waals surface area contributed by atoms with Gasteiger partial charge in [-0.05, 0) is 18.8 Å². The van der Waals surface area contributed by atoms with Crippen LogP contribution in [0.25, 0.3) is 0 Å². The number of ether oxygens (including phenoxy) is 1. The highest BCUT2D eigenvalue weighted by molar-refractivity contribution is 5.87. The molecule has 0 aliphatic carbocycles. The predicted molar refractivity (Wildman–Crippen MR) is 57.4 cm³/mol. The van der Waals surface area contributed by atoms with E-state index >= 15 is 0 Å². The Bertz CT molecular complexity index is 412. The lowest BCUT2D eigenvalue weighted by molar-refractivity contribution is 0.0688. The van der Waals surface area contributed by atoms with Gasteiger partial charge in [0.2, 0.25) is 0 Å². The maximum atomic E-state index is 11.1. The van der Waals surface area contributed by atoms with Crippen LogP contribution in [0.4, 0.5) is 0 Å². The normalized spacial score (nSPS) is 19.5. The molecule has 0 spiro atoms. The summed E-state index contributed by atoms with van der Waals surface area (Å²) >= 11 is 0. The lowest BCUT2D eigenvalue weighted by Crippen LogP contribution is -2.20. The Morgan fingerprint density at radius 1 is 1.69 bits per heavy atom. The molecule has 1 aliphatic heterocycles. The molecule has 1 aromatic rings. The minimum absolute atomic E-state index is 0.193. The van der Waals surface area contributed by atoms with Crippen molar-refractivity contribution < 1.29 is 14.6 Å². The fraction of sp³-hybridized carbons (Fsp3) is 0.636. The van der Waals surface area contributed by atoms with E-state index in [1.54, 1.807) is 7.11 Å². The number of hydrogen-bond donors (Lipinski definition) is 1. The number of carboxylic acids is 1. The minimum atomic E-state index is -0.944. The zero-order valence-corrected chi connectivity index (χ0v) is 9.56. The molecule has 1 N–H and O–H groups in total. The van der Waals surface area contributed by atoms with Gasteiger partial charge in [-0.2, -0.15) is 0 Å². The molecular formula is C11H16N2O3. The van der Waals surface area contributed by atoms with Crippen LogP contribution in [0.15, 0.2) is 0 Å². The number of imidazole rings is 1. The first-order valence-corrected chi connectivity index (χ1v) is 5.44. The molecule has 0 fully saturated rings. The van der Waals surface area contributed by atoms with Gasteiger partial charge >= 0.3 is 5.97 Å². The third kappa shape index (κ3) is 1.82. The van der Waals surface area contributed by atoms with Gasteiger partial charge in [-0.3, -0.25) is 0 Å². The van der Waals surface area contributed by atoms with Gasteiger partial charge in [0, 0.05) is 13.7 Å². The molecule has 2 heterocycles. The minimum Gasteiger partial charge on any atom is -0.476 e. The average Bonchev–Trinajstić information content (AvgIpc) is 2.57. The molecule has 1 aliphatic rings. The highest BCUT2D eigenvalue weighted by atomic mass is 16.5. The molecule has 88 valence electrons. The first-order chi connectivity index (χ1) is 7.63. The van der Waals surface area contributed by atoms with Crippen LogP contribution in [0.2, 0.25) is 0 Å². The van der Waals surface area contributed by atoms with Crippen LogP contribution in [-0.2, 0) is 24.3 Å². The summed E-state index contributed by atoms with van der Waals surface area (Å²) < 4.78 is 7.03.